The third kappa shape index (κ3) is 3.51. The van der Waals surface area contributed by atoms with E-state index in [1.165, 1.54) is 20.3 Å². The molecule has 0 aliphatic carbocycles. The molecular formula is C19H20N2O5. The maximum atomic E-state index is 12.5. The molecule has 0 atom stereocenters. The van der Waals surface area contributed by atoms with Gasteiger partial charge >= 0.3 is 11.9 Å². The van der Waals surface area contributed by atoms with E-state index in [1.54, 1.807) is 49.2 Å². The van der Waals surface area contributed by atoms with Crippen LogP contribution in [0.25, 0.3) is 0 Å². The van der Waals surface area contributed by atoms with E-state index >= 15 is 0 Å². The van der Waals surface area contributed by atoms with Crippen LogP contribution in [0.15, 0.2) is 47.8 Å². The molecule has 0 saturated heterocycles. The highest BCUT2D eigenvalue weighted by molar-refractivity contribution is 6.06. The van der Waals surface area contributed by atoms with E-state index in [0.29, 0.717) is 22.4 Å². The molecular weight excluding hydrogens is 336 g/mol. The Morgan fingerprint density at radius 1 is 0.962 bits per heavy atom. The molecule has 2 N–H and O–H groups in total. The average Bonchev–Trinajstić information content (AvgIpc) is 2.82. The van der Waals surface area contributed by atoms with E-state index in [-0.39, 0.29) is 11.3 Å². The van der Waals surface area contributed by atoms with Crippen LogP contribution < -0.4 is 10.6 Å². The molecule has 0 radical (unpaired) electrons. The number of nitrogens with zero attached hydrogens (tertiary/aromatic N) is 1. The minimum Gasteiger partial charge on any atom is -0.465 e. The molecule has 136 valence electrons. The van der Waals surface area contributed by atoms with Gasteiger partial charge in [0, 0.05) is 11.8 Å². The van der Waals surface area contributed by atoms with Gasteiger partial charge in [-0.15, -0.1) is 0 Å². The fourth-order valence-electron chi connectivity index (χ4n) is 2.81. The number of nitrogens with two attached hydrogens (primary N) is 1. The Labute approximate surface area is 151 Å². The van der Waals surface area contributed by atoms with Gasteiger partial charge in [0.05, 0.1) is 25.5 Å². The summed E-state index contributed by atoms with van der Waals surface area (Å²) < 4.78 is 9.67. The van der Waals surface area contributed by atoms with Crippen molar-refractivity contribution in [2.24, 2.45) is 5.73 Å². The second kappa shape index (κ2) is 7.69. The van der Waals surface area contributed by atoms with Crippen molar-refractivity contribution in [3.8, 4) is 0 Å². The number of aryl methyl sites for hydroxylation is 2. The molecule has 1 amide bonds. The number of rotatable bonds is 4. The number of hydrogen-bond acceptors (Lipinski definition) is 6. The van der Waals surface area contributed by atoms with Crippen LogP contribution in [-0.2, 0) is 19.1 Å². The molecule has 0 saturated carbocycles. The molecule has 0 aromatic heterocycles. The molecule has 1 aliphatic rings. The molecule has 26 heavy (non-hydrogen) atoms. The van der Waals surface area contributed by atoms with Gasteiger partial charge in [-0.3, -0.25) is 4.79 Å². The average molecular weight is 356 g/mol. The Hall–Kier alpha value is -3.35. The van der Waals surface area contributed by atoms with Crippen LogP contribution in [0, 0.1) is 13.8 Å². The van der Waals surface area contributed by atoms with Gasteiger partial charge < -0.3 is 20.1 Å². The summed E-state index contributed by atoms with van der Waals surface area (Å²) in [5.74, 6) is -1.91. The Morgan fingerprint density at radius 3 is 2.04 bits per heavy atom. The van der Waals surface area contributed by atoms with Gasteiger partial charge in [-0.25, -0.2) is 9.59 Å². The smallest absolute Gasteiger partial charge is 0.355 e. The van der Waals surface area contributed by atoms with Crippen LogP contribution in [0.2, 0.25) is 0 Å². The van der Waals surface area contributed by atoms with E-state index in [4.69, 9.17) is 15.2 Å². The van der Waals surface area contributed by atoms with Crippen LogP contribution in [0.5, 0.6) is 0 Å². The summed E-state index contributed by atoms with van der Waals surface area (Å²) in [5.41, 5.74) is 7.84. The van der Waals surface area contributed by atoms with Crippen LogP contribution in [-0.4, -0.2) is 32.1 Å². The lowest BCUT2D eigenvalue weighted by Crippen LogP contribution is -2.28. The standard InChI is InChI=1S/C19H20N2O5/c1-11-9-13(17(20)22)10-12(2)15(11)21-8-6-5-7-14(18(23)25-3)16(21)19(24)26-4/h5-10H,1-4H3,(H2,20,22). The summed E-state index contributed by atoms with van der Waals surface area (Å²) in [6, 6.07) is 3.26. The molecule has 1 aromatic carbocycles. The van der Waals surface area contributed by atoms with Gasteiger partial charge in [-0.2, -0.15) is 0 Å². The molecule has 7 nitrogen and oxygen atoms in total. The molecule has 0 spiro atoms. The van der Waals surface area contributed by atoms with Crippen molar-refractivity contribution in [2.45, 2.75) is 13.8 Å². The van der Waals surface area contributed by atoms with Gasteiger partial charge in [0.2, 0.25) is 5.91 Å². The molecule has 1 heterocycles. The van der Waals surface area contributed by atoms with E-state index < -0.39 is 17.8 Å². The minimum atomic E-state index is -0.695. The van der Waals surface area contributed by atoms with Gasteiger partial charge in [0.25, 0.3) is 0 Å². The summed E-state index contributed by atoms with van der Waals surface area (Å²) >= 11 is 0. The molecule has 0 unspecified atom stereocenters. The fourth-order valence-corrected chi connectivity index (χ4v) is 2.81. The van der Waals surface area contributed by atoms with Crippen LogP contribution in [0.1, 0.15) is 21.5 Å². The van der Waals surface area contributed by atoms with Crippen molar-refractivity contribution >= 4 is 23.5 Å². The van der Waals surface area contributed by atoms with Crippen LogP contribution in [0.3, 0.4) is 0 Å². The molecule has 7 heteroatoms. The fraction of sp³-hybridized carbons (Fsp3) is 0.211. The largest absolute Gasteiger partial charge is 0.465 e. The van der Waals surface area contributed by atoms with E-state index in [9.17, 15) is 14.4 Å². The third-order valence-electron chi connectivity index (χ3n) is 3.91. The first-order valence-corrected chi connectivity index (χ1v) is 7.77. The zero-order valence-corrected chi connectivity index (χ0v) is 15.0. The van der Waals surface area contributed by atoms with Crippen molar-refractivity contribution in [1.29, 1.82) is 0 Å². The number of amides is 1. The van der Waals surface area contributed by atoms with E-state index in [2.05, 4.69) is 0 Å². The lowest BCUT2D eigenvalue weighted by molar-refractivity contribution is -0.139. The van der Waals surface area contributed by atoms with E-state index in [1.807, 2.05) is 0 Å². The predicted octanol–water partition coefficient (Wildman–Crippen LogP) is 1.89. The van der Waals surface area contributed by atoms with Crippen molar-refractivity contribution in [1.82, 2.24) is 0 Å². The number of carbonyl (C=O) groups excluding carboxylic acids is 3. The zero-order valence-electron chi connectivity index (χ0n) is 15.0. The maximum Gasteiger partial charge on any atom is 0.355 e. The highest BCUT2D eigenvalue weighted by Crippen LogP contribution is 2.32. The number of primary amides is 1. The Bertz CT molecular complexity index is 842. The Kier molecular flexibility index (Phi) is 5.61. The van der Waals surface area contributed by atoms with Crippen molar-refractivity contribution in [3.63, 3.8) is 0 Å². The summed E-state index contributed by atoms with van der Waals surface area (Å²) in [5, 5.41) is 0. The zero-order chi connectivity index (χ0) is 19.4. The van der Waals surface area contributed by atoms with Gasteiger partial charge in [-0.1, -0.05) is 6.08 Å². The highest BCUT2D eigenvalue weighted by Gasteiger charge is 2.29. The monoisotopic (exact) mass is 356 g/mol. The molecule has 0 fully saturated rings. The molecule has 1 aliphatic heterocycles. The number of esters is 2. The van der Waals surface area contributed by atoms with E-state index in [0.717, 1.165) is 0 Å². The van der Waals surface area contributed by atoms with Crippen molar-refractivity contribution in [2.75, 3.05) is 19.1 Å². The number of ether oxygens (including phenoxy) is 2. The number of methoxy groups -OCH3 is 2. The number of carbonyl (C=O) groups is 3. The molecule has 2 rings (SSSR count). The normalized spacial score (nSPS) is 13.5. The first kappa shape index (κ1) is 19.0. The number of benzene rings is 1. The Balaban J connectivity index is 2.76. The first-order chi connectivity index (χ1) is 12.3. The second-order valence-electron chi connectivity index (χ2n) is 5.64. The lowest BCUT2D eigenvalue weighted by atomic mass is 10.0. The summed E-state index contributed by atoms with van der Waals surface area (Å²) in [6.45, 7) is 3.57. The number of allylic oxidation sites excluding steroid dienone is 2. The van der Waals surface area contributed by atoms with Crippen molar-refractivity contribution < 1.29 is 23.9 Å². The summed E-state index contributed by atoms with van der Waals surface area (Å²) in [6.07, 6.45) is 6.42. The van der Waals surface area contributed by atoms with Gasteiger partial charge in [0.15, 0.2) is 0 Å². The SMILES string of the molecule is COC(=O)C1=C(C(=O)OC)N(c2c(C)cc(C(N)=O)cc2C)C=CC=C1. The molecule has 0 bridgehead atoms. The third-order valence-corrected chi connectivity index (χ3v) is 3.91. The first-order valence-electron chi connectivity index (χ1n) is 7.77. The van der Waals surface area contributed by atoms with Gasteiger partial charge in [-0.05, 0) is 49.3 Å². The summed E-state index contributed by atoms with van der Waals surface area (Å²) in [7, 11) is 2.47. The quantitative estimate of drug-likeness (QED) is 0.827. The van der Waals surface area contributed by atoms with Crippen LogP contribution >= 0.6 is 0 Å². The highest BCUT2D eigenvalue weighted by atomic mass is 16.5. The maximum absolute atomic E-state index is 12.5. The number of anilines is 1. The lowest BCUT2D eigenvalue weighted by Gasteiger charge is -2.26. The molecule has 1 aromatic rings. The topological polar surface area (TPSA) is 98.9 Å². The summed E-state index contributed by atoms with van der Waals surface area (Å²) in [4.78, 5) is 37.7. The van der Waals surface area contributed by atoms with Gasteiger partial charge in [0.1, 0.15) is 5.70 Å². The minimum absolute atomic E-state index is 0.0161. The number of hydrogen-bond donors (Lipinski definition) is 1. The van der Waals surface area contributed by atoms with Crippen molar-refractivity contribution in [3.05, 3.63) is 64.5 Å². The predicted molar refractivity (Wildman–Crippen MR) is 96.3 cm³/mol. The second-order valence-corrected chi connectivity index (χ2v) is 5.64. The Morgan fingerprint density at radius 2 is 1.54 bits per heavy atom. The van der Waals surface area contributed by atoms with Crippen LogP contribution in [0.4, 0.5) is 5.69 Å².